The van der Waals surface area contributed by atoms with Crippen molar-refractivity contribution in [2.24, 2.45) is 5.92 Å². The lowest BCUT2D eigenvalue weighted by atomic mass is 9.79. The van der Waals surface area contributed by atoms with E-state index in [9.17, 15) is 4.79 Å². The van der Waals surface area contributed by atoms with Crippen LogP contribution in [0.3, 0.4) is 0 Å². The Morgan fingerprint density at radius 2 is 2.00 bits per heavy atom. The molecule has 2 rings (SSSR count). The Morgan fingerprint density at radius 1 is 1.36 bits per heavy atom. The Bertz CT molecular complexity index is 201. The first kappa shape index (κ1) is 10.1. The highest BCUT2D eigenvalue weighted by Crippen LogP contribution is 2.32. The second-order valence-corrected chi connectivity index (χ2v) is 4.52. The Labute approximate surface area is 85.4 Å². The average molecular weight is 197 g/mol. The largest absolute Gasteiger partial charge is 0.384 e. The van der Waals surface area contributed by atoms with Crippen LogP contribution in [0, 0.1) is 5.92 Å². The molecular formula is C11H19NO2. The quantitative estimate of drug-likeness (QED) is 0.678. The van der Waals surface area contributed by atoms with Gasteiger partial charge in [0.1, 0.15) is 5.78 Å². The average Bonchev–Trinajstić information content (AvgIpc) is 2.13. The van der Waals surface area contributed by atoms with E-state index in [0.29, 0.717) is 5.78 Å². The lowest BCUT2D eigenvalue weighted by molar-refractivity contribution is -0.122. The van der Waals surface area contributed by atoms with Crippen molar-refractivity contribution in [1.82, 2.24) is 4.90 Å². The van der Waals surface area contributed by atoms with Crippen LogP contribution in [0.2, 0.25) is 0 Å². The van der Waals surface area contributed by atoms with E-state index < -0.39 is 0 Å². The molecule has 0 aromatic carbocycles. The van der Waals surface area contributed by atoms with Crippen molar-refractivity contribution in [1.29, 1.82) is 0 Å². The number of nitrogens with zero attached hydrogens (tertiary/aromatic N) is 1. The summed E-state index contributed by atoms with van der Waals surface area (Å²) >= 11 is 0. The second kappa shape index (κ2) is 4.41. The molecule has 0 amide bonds. The maximum atomic E-state index is 11.1. The number of Topliss-reactive ketones (excluding diaryl/α,β-unsaturated/α-hetero) is 1. The van der Waals surface area contributed by atoms with E-state index in [1.165, 1.54) is 12.8 Å². The monoisotopic (exact) mass is 197 g/mol. The number of ether oxygens (including phenoxy) is 1. The zero-order valence-corrected chi connectivity index (χ0v) is 8.87. The third kappa shape index (κ3) is 2.15. The van der Waals surface area contributed by atoms with Crippen LogP contribution >= 0.6 is 0 Å². The maximum absolute atomic E-state index is 11.1. The van der Waals surface area contributed by atoms with E-state index in [2.05, 4.69) is 4.90 Å². The molecule has 1 aliphatic heterocycles. The number of carbonyl (C=O) groups is 1. The Morgan fingerprint density at radius 3 is 2.57 bits per heavy atom. The molecule has 0 unspecified atom stereocenters. The Hall–Kier alpha value is -0.410. The van der Waals surface area contributed by atoms with E-state index in [1.807, 2.05) is 0 Å². The van der Waals surface area contributed by atoms with Gasteiger partial charge in [-0.15, -0.1) is 0 Å². The summed E-state index contributed by atoms with van der Waals surface area (Å²) in [6, 6.07) is 0.739. The third-order valence-corrected chi connectivity index (χ3v) is 3.49. The molecule has 0 aromatic heterocycles. The summed E-state index contributed by atoms with van der Waals surface area (Å²) in [6.45, 7) is 2.88. The van der Waals surface area contributed by atoms with Gasteiger partial charge >= 0.3 is 0 Å². The van der Waals surface area contributed by atoms with Crippen LogP contribution in [0.25, 0.3) is 0 Å². The van der Waals surface area contributed by atoms with E-state index in [-0.39, 0.29) is 0 Å². The number of rotatable bonds is 3. The van der Waals surface area contributed by atoms with Gasteiger partial charge in [-0.05, 0) is 18.8 Å². The molecule has 1 saturated heterocycles. The minimum Gasteiger partial charge on any atom is -0.384 e. The molecule has 0 aromatic rings. The van der Waals surface area contributed by atoms with Gasteiger partial charge in [0, 0.05) is 45.7 Å². The summed E-state index contributed by atoms with van der Waals surface area (Å²) in [6.07, 6.45) is 4.07. The van der Waals surface area contributed by atoms with Gasteiger partial charge in [-0.25, -0.2) is 0 Å². The summed E-state index contributed by atoms with van der Waals surface area (Å²) in [4.78, 5) is 13.5. The lowest BCUT2D eigenvalue weighted by Crippen LogP contribution is -2.49. The minimum absolute atomic E-state index is 0.439. The smallest absolute Gasteiger partial charge is 0.135 e. The number of likely N-dealkylation sites (tertiary alicyclic amines) is 1. The van der Waals surface area contributed by atoms with Crippen molar-refractivity contribution in [2.75, 3.05) is 26.8 Å². The summed E-state index contributed by atoms with van der Waals surface area (Å²) in [5, 5.41) is 0. The Balaban J connectivity index is 1.69. The predicted octanol–water partition coefficient (Wildman–Crippen LogP) is 1.08. The van der Waals surface area contributed by atoms with Gasteiger partial charge in [-0.3, -0.25) is 9.69 Å². The molecule has 1 aliphatic carbocycles. The van der Waals surface area contributed by atoms with E-state index in [4.69, 9.17) is 4.74 Å². The summed E-state index contributed by atoms with van der Waals surface area (Å²) < 4.78 is 5.13. The fourth-order valence-electron chi connectivity index (χ4n) is 2.51. The van der Waals surface area contributed by atoms with Crippen LogP contribution in [-0.4, -0.2) is 43.5 Å². The van der Waals surface area contributed by atoms with Gasteiger partial charge in [0.05, 0.1) is 0 Å². The van der Waals surface area contributed by atoms with Gasteiger partial charge in [-0.1, -0.05) is 0 Å². The molecule has 2 aliphatic rings. The number of ketones is 1. The van der Waals surface area contributed by atoms with Gasteiger partial charge in [0.15, 0.2) is 0 Å². The number of hydrogen-bond donors (Lipinski definition) is 0. The standard InChI is InChI=1S/C11H19NO2/c1-14-8-9-6-10(7-9)12-4-2-11(13)3-5-12/h9-10H,2-8H2,1H3/t9-,10+. The van der Waals surface area contributed by atoms with Crippen molar-refractivity contribution >= 4 is 5.78 Å². The number of carbonyl (C=O) groups excluding carboxylic acids is 1. The molecule has 14 heavy (non-hydrogen) atoms. The predicted molar refractivity (Wildman–Crippen MR) is 54.2 cm³/mol. The lowest BCUT2D eigenvalue weighted by Gasteiger charge is -2.44. The highest BCUT2D eigenvalue weighted by Gasteiger charge is 2.34. The van der Waals surface area contributed by atoms with Crippen molar-refractivity contribution in [3.8, 4) is 0 Å². The third-order valence-electron chi connectivity index (χ3n) is 3.49. The van der Waals surface area contributed by atoms with Crippen LogP contribution in [0.15, 0.2) is 0 Å². The van der Waals surface area contributed by atoms with Crippen LogP contribution in [0.4, 0.5) is 0 Å². The van der Waals surface area contributed by atoms with Crippen LogP contribution in [0.1, 0.15) is 25.7 Å². The summed E-state index contributed by atoms with van der Waals surface area (Å²) in [5.74, 6) is 1.21. The molecule has 0 spiro atoms. The first-order valence-corrected chi connectivity index (χ1v) is 5.54. The summed E-state index contributed by atoms with van der Waals surface area (Å²) in [7, 11) is 1.77. The van der Waals surface area contributed by atoms with Crippen molar-refractivity contribution in [3.05, 3.63) is 0 Å². The Kier molecular flexibility index (Phi) is 3.19. The van der Waals surface area contributed by atoms with E-state index in [1.54, 1.807) is 7.11 Å². The molecule has 1 saturated carbocycles. The molecule has 0 N–H and O–H groups in total. The fraction of sp³-hybridized carbons (Fsp3) is 0.909. The number of methoxy groups -OCH3 is 1. The fourth-order valence-corrected chi connectivity index (χ4v) is 2.51. The molecule has 3 nitrogen and oxygen atoms in total. The second-order valence-electron chi connectivity index (χ2n) is 4.52. The van der Waals surface area contributed by atoms with Gasteiger partial charge < -0.3 is 4.74 Å². The van der Waals surface area contributed by atoms with Crippen molar-refractivity contribution < 1.29 is 9.53 Å². The van der Waals surface area contributed by atoms with Crippen molar-refractivity contribution in [3.63, 3.8) is 0 Å². The van der Waals surface area contributed by atoms with Gasteiger partial charge in [0.25, 0.3) is 0 Å². The maximum Gasteiger partial charge on any atom is 0.135 e. The highest BCUT2D eigenvalue weighted by molar-refractivity contribution is 5.79. The normalized spacial score (nSPS) is 34.2. The summed E-state index contributed by atoms with van der Waals surface area (Å²) in [5.41, 5.74) is 0. The van der Waals surface area contributed by atoms with Crippen LogP contribution in [-0.2, 0) is 9.53 Å². The molecular weight excluding hydrogens is 178 g/mol. The zero-order chi connectivity index (χ0) is 9.97. The topological polar surface area (TPSA) is 29.5 Å². The highest BCUT2D eigenvalue weighted by atomic mass is 16.5. The molecule has 2 fully saturated rings. The van der Waals surface area contributed by atoms with Crippen molar-refractivity contribution in [2.45, 2.75) is 31.7 Å². The van der Waals surface area contributed by atoms with E-state index >= 15 is 0 Å². The van der Waals surface area contributed by atoms with Gasteiger partial charge in [0.2, 0.25) is 0 Å². The molecule has 0 radical (unpaired) electrons. The minimum atomic E-state index is 0.439. The first-order valence-electron chi connectivity index (χ1n) is 5.54. The molecule has 1 heterocycles. The number of hydrogen-bond acceptors (Lipinski definition) is 3. The molecule has 0 atom stereocenters. The molecule has 3 heteroatoms. The SMILES string of the molecule is COC[C@H]1C[C@@H](N2CCC(=O)CC2)C1. The van der Waals surface area contributed by atoms with Crippen LogP contribution < -0.4 is 0 Å². The number of piperidine rings is 1. The van der Waals surface area contributed by atoms with Gasteiger partial charge in [-0.2, -0.15) is 0 Å². The first-order chi connectivity index (χ1) is 6.79. The van der Waals surface area contributed by atoms with Crippen LogP contribution in [0.5, 0.6) is 0 Å². The molecule has 80 valence electrons. The zero-order valence-electron chi connectivity index (χ0n) is 8.87. The molecule has 0 bridgehead atoms. The van der Waals surface area contributed by atoms with E-state index in [0.717, 1.165) is 44.5 Å².